The predicted octanol–water partition coefficient (Wildman–Crippen LogP) is 3.19. The number of halogens is 2. The van der Waals surface area contributed by atoms with Crippen molar-refractivity contribution in [3.05, 3.63) is 52.0 Å². The summed E-state index contributed by atoms with van der Waals surface area (Å²) >= 11 is 11.7. The fraction of sp³-hybridized carbons (Fsp3) is 0.118. The number of benzene rings is 2. The van der Waals surface area contributed by atoms with Gasteiger partial charge in [0.25, 0.3) is 0 Å². The third-order valence-corrected chi connectivity index (χ3v) is 3.54. The first-order chi connectivity index (χ1) is 12.4. The average Bonchev–Trinajstić information content (AvgIpc) is 2.59. The third kappa shape index (κ3) is 5.37. The van der Waals surface area contributed by atoms with Crippen LogP contribution in [0.4, 0.5) is 5.69 Å². The number of rotatable bonds is 5. The molecule has 0 aromatic heterocycles. The summed E-state index contributed by atoms with van der Waals surface area (Å²) < 4.78 is 5.24. The van der Waals surface area contributed by atoms with E-state index in [0.29, 0.717) is 22.9 Å². The summed E-state index contributed by atoms with van der Waals surface area (Å²) in [5.74, 6) is -1.86. The van der Waals surface area contributed by atoms with E-state index in [2.05, 4.69) is 15.8 Å². The maximum absolute atomic E-state index is 11.8. The molecule has 0 fully saturated rings. The number of amides is 2. The van der Waals surface area contributed by atoms with Gasteiger partial charge in [0.2, 0.25) is 0 Å². The Morgan fingerprint density at radius 3 is 2.69 bits per heavy atom. The molecule has 9 heteroatoms. The molecule has 2 aromatic carbocycles. The monoisotopic (exact) mass is 395 g/mol. The quantitative estimate of drug-likeness (QED) is 0.411. The summed E-state index contributed by atoms with van der Waals surface area (Å²) in [5, 5.41) is 16.3. The molecule has 3 N–H and O–H groups in total. The van der Waals surface area contributed by atoms with Gasteiger partial charge in [0.15, 0.2) is 11.5 Å². The lowest BCUT2D eigenvalue weighted by Gasteiger charge is -2.08. The Hall–Kier alpha value is -2.77. The van der Waals surface area contributed by atoms with Crippen LogP contribution in [0, 0.1) is 0 Å². The lowest BCUT2D eigenvalue weighted by Crippen LogP contribution is -2.32. The van der Waals surface area contributed by atoms with Crippen LogP contribution in [0.25, 0.3) is 0 Å². The van der Waals surface area contributed by atoms with E-state index in [1.165, 1.54) is 24.4 Å². The SMILES string of the molecule is CCOc1cc(/C=N\NC(=O)C(=O)Nc2cccc(Cl)c2)cc(Cl)c1O. The van der Waals surface area contributed by atoms with Gasteiger partial charge in [-0.25, -0.2) is 5.43 Å². The molecule has 0 bridgehead atoms. The highest BCUT2D eigenvalue weighted by molar-refractivity contribution is 6.39. The van der Waals surface area contributed by atoms with Gasteiger partial charge in [-0.15, -0.1) is 0 Å². The van der Waals surface area contributed by atoms with Crippen molar-refractivity contribution in [2.24, 2.45) is 5.10 Å². The molecule has 0 aliphatic rings. The fourth-order valence-electron chi connectivity index (χ4n) is 1.90. The van der Waals surface area contributed by atoms with Gasteiger partial charge in [0, 0.05) is 10.7 Å². The number of hydrogen-bond donors (Lipinski definition) is 3. The molecule has 7 nitrogen and oxygen atoms in total. The van der Waals surface area contributed by atoms with Crippen molar-refractivity contribution in [1.82, 2.24) is 5.43 Å². The number of carbonyl (C=O) groups excluding carboxylic acids is 2. The van der Waals surface area contributed by atoms with Gasteiger partial charge in [0.05, 0.1) is 17.8 Å². The molecule has 0 radical (unpaired) electrons. The lowest BCUT2D eigenvalue weighted by molar-refractivity contribution is -0.136. The normalized spacial score (nSPS) is 10.6. The summed E-state index contributed by atoms with van der Waals surface area (Å²) in [4.78, 5) is 23.5. The van der Waals surface area contributed by atoms with E-state index in [1.54, 1.807) is 25.1 Å². The highest BCUT2D eigenvalue weighted by Crippen LogP contribution is 2.34. The number of carbonyl (C=O) groups is 2. The summed E-state index contributed by atoms with van der Waals surface area (Å²) in [6.45, 7) is 2.09. The molecule has 0 saturated heterocycles. The van der Waals surface area contributed by atoms with Crippen LogP contribution in [0.1, 0.15) is 12.5 Å². The largest absolute Gasteiger partial charge is 0.503 e. The van der Waals surface area contributed by atoms with Gasteiger partial charge < -0.3 is 15.2 Å². The first-order valence-corrected chi connectivity index (χ1v) is 8.21. The molecule has 0 atom stereocenters. The summed E-state index contributed by atoms with van der Waals surface area (Å²) in [6, 6.07) is 9.30. The molecule has 0 unspecified atom stereocenters. The number of phenolic OH excluding ortho intramolecular Hbond substituents is 1. The average molecular weight is 396 g/mol. The van der Waals surface area contributed by atoms with Gasteiger partial charge in [0.1, 0.15) is 0 Å². The smallest absolute Gasteiger partial charge is 0.329 e. The number of aromatic hydroxyl groups is 1. The standard InChI is InChI=1S/C17H15Cl2N3O4/c1-2-26-14-7-10(6-13(19)15(14)23)9-20-22-17(25)16(24)21-12-5-3-4-11(18)8-12/h3-9,23H,2H2,1H3,(H,21,24)(H,22,25)/b20-9-. The minimum absolute atomic E-state index is 0.0717. The highest BCUT2D eigenvalue weighted by Gasteiger charge is 2.13. The van der Waals surface area contributed by atoms with Gasteiger partial charge in [-0.05, 0) is 42.8 Å². The van der Waals surface area contributed by atoms with Crippen LogP contribution in [0.15, 0.2) is 41.5 Å². The van der Waals surface area contributed by atoms with Crippen molar-refractivity contribution in [3.8, 4) is 11.5 Å². The number of phenols is 1. The predicted molar refractivity (Wildman–Crippen MR) is 100 cm³/mol. The van der Waals surface area contributed by atoms with Crippen molar-refractivity contribution in [3.63, 3.8) is 0 Å². The van der Waals surface area contributed by atoms with E-state index < -0.39 is 11.8 Å². The van der Waals surface area contributed by atoms with Crippen LogP contribution >= 0.6 is 23.2 Å². The van der Waals surface area contributed by atoms with Gasteiger partial charge in [-0.3, -0.25) is 9.59 Å². The van der Waals surface area contributed by atoms with Gasteiger partial charge in [-0.1, -0.05) is 29.3 Å². The van der Waals surface area contributed by atoms with Crippen molar-refractivity contribution in [1.29, 1.82) is 0 Å². The molecule has 2 aromatic rings. The second-order valence-electron chi connectivity index (χ2n) is 4.95. The van der Waals surface area contributed by atoms with Crippen LogP contribution in [0.5, 0.6) is 11.5 Å². The van der Waals surface area contributed by atoms with Gasteiger partial charge >= 0.3 is 11.8 Å². The molecule has 2 amide bonds. The minimum atomic E-state index is -0.962. The Labute approximate surface area is 159 Å². The van der Waals surface area contributed by atoms with E-state index >= 15 is 0 Å². The summed E-state index contributed by atoms with van der Waals surface area (Å²) in [7, 11) is 0. The zero-order valence-electron chi connectivity index (χ0n) is 13.6. The zero-order chi connectivity index (χ0) is 19.1. The van der Waals surface area contributed by atoms with Crippen LogP contribution in [-0.4, -0.2) is 29.7 Å². The molecule has 0 aliphatic heterocycles. The van der Waals surface area contributed by atoms with Crippen LogP contribution in [-0.2, 0) is 9.59 Å². The Balaban J connectivity index is 1.99. The molecular weight excluding hydrogens is 381 g/mol. The van der Waals surface area contributed by atoms with E-state index in [-0.39, 0.29) is 16.5 Å². The van der Waals surface area contributed by atoms with E-state index in [0.717, 1.165) is 0 Å². The minimum Gasteiger partial charge on any atom is -0.503 e. The van der Waals surface area contributed by atoms with E-state index in [1.807, 2.05) is 0 Å². The first-order valence-electron chi connectivity index (χ1n) is 7.46. The maximum atomic E-state index is 11.8. The lowest BCUT2D eigenvalue weighted by atomic mass is 10.2. The third-order valence-electron chi connectivity index (χ3n) is 3.02. The van der Waals surface area contributed by atoms with Crippen LogP contribution in [0.2, 0.25) is 10.0 Å². The Morgan fingerprint density at radius 2 is 2.00 bits per heavy atom. The number of anilines is 1. The zero-order valence-corrected chi connectivity index (χ0v) is 15.1. The van der Waals surface area contributed by atoms with Gasteiger partial charge in [-0.2, -0.15) is 5.10 Å². The number of nitrogens with one attached hydrogen (secondary N) is 2. The molecule has 0 saturated carbocycles. The number of hydrogen-bond acceptors (Lipinski definition) is 5. The Bertz CT molecular complexity index is 856. The van der Waals surface area contributed by atoms with E-state index in [4.69, 9.17) is 27.9 Å². The summed E-state index contributed by atoms with van der Waals surface area (Å²) in [5.41, 5.74) is 2.94. The Morgan fingerprint density at radius 1 is 1.23 bits per heavy atom. The second kappa shape index (κ2) is 9.07. The molecule has 136 valence electrons. The van der Waals surface area contributed by atoms with Crippen molar-refractivity contribution in [2.75, 3.05) is 11.9 Å². The number of ether oxygens (including phenoxy) is 1. The molecule has 2 rings (SSSR count). The number of hydrazone groups is 1. The second-order valence-corrected chi connectivity index (χ2v) is 5.79. The first kappa shape index (κ1) is 19.6. The molecule has 26 heavy (non-hydrogen) atoms. The number of nitrogens with zero attached hydrogens (tertiary/aromatic N) is 1. The topological polar surface area (TPSA) is 100 Å². The fourth-order valence-corrected chi connectivity index (χ4v) is 2.31. The van der Waals surface area contributed by atoms with Crippen molar-refractivity contribution < 1.29 is 19.4 Å². The molecule has 0 spiro atoms. The van der Waals surface area contributed by atoms with Crippen LogP contribution in [0.3, 0.4) is 0 Å². The molecule has 0 aliphatic carbocycles. The van der Waals surface area contributed by atoms with Crippen molar-refractivity contribution >= 4 is 46.9 Å². The molecular formula is C17H15Cl2N3O4. The maximum Gasteiger partial charge on any atom is 0.329 e. The van der Waals surface area contributed by atoms with Crippen LogP contribution < -0.4 is 15.5 Å². The Kier molecular flexibility index (Phi) is 6.82. The highest BCUT2D eigenvalue weighted by atomic mass is 35.5. The molecule has 0 heterocycles. The summed E-state index contributed by atoms with van der Waals surface area (Å²) in [6.07, 6.45) is 1.26. The van der Waals surface area contributed by atoms with E-state index in [9.17, 15) is 14.7 Å². The van der Waals surface area contributed by atoms with Crippen molar-refractivity contribution in [2.45, 2.75) is 6.92 Å².